The number of hydrogen-bond acceptors (Lipinski definition) is 5. The summed E-state index contributed by atoms with van der Waals surface area (Å²) in [6.07, 6.45) is 0.436. The van der Waals surface area contributed by atoms with Gasteiger partial charge in [0.2, 0.25) is 5.91 Å². The molecule has 3 rings (SSSR count). The molecule has 23 heavy (non-hydrogen) atoms. The lowest BCUT2D eigenvalue weighted by atomic mass is 9.91. The zero-order chi connectivity index (χ0) is 16.4. The number of nitrogens with zero attached hydrogens (tertiary/aromatic N) is 1. The highest BCUT2D eigenvalue weighted by Crippen LogP contribution is 2.42. The van der Waals surface area contributed by atoms with Crippen molar-refractivity contribution >= 4 is 28.2 Å². The summed E-state index contributed by atoms with van der Waals surface area (Å²) in [5.74, 6) is 2.03. The third-order valence-electron chi connectivity index (χ3n) is 3.67. The quantitative estimate of drug-likeness (QED) is 0.877. The summed E-state index contributed by atoms with van der Waals surface area (Å²) in [7, 11) is 1.83. The predicted molar refractivity (Wildman–Crippen MR) is 93.5 cm³/mol. The normalized spacial score (nSPS) is 16.9. The molecule has 6 heteroatoms. The third-order valence-corrected chi connectivity index (χ3v) is 4.86. The summed E-state index contributed by atoms with van der Waals surface area (Å²) >= 11 is 1.59. The second kappa shape index (κ2) is 6.58. The lowest BCUT2D eigenvalue weighted by molar-refractivity contribution is -0.116. The summed E-state index contributed by atoms with van der Waals surface area (Å²) in [4.78, 5) is 17.5. The number of carbonyl (C=O) groups excluding carboxylic acids is 1. The van der Waals surface area contributed by atoms with E-state index in [9.17, 15) is 4.79 Å². The van der Waals surface area contributed by atoms with E-state index in [2.05, 4.69) is 29.5 Å². The minimum Gasteiger partial charge on any atom is -0.493 e. The first-order valence-corrected chi connectivity index (χ1v) is 8.59. The van der Waals surface area contributed by atoms with Crippen molar-refractivity contribution in [1.29, 1.82) is 0 Å². The second-order valence-electron chi connectivity index (χ2n) is 6.06. The minimum atomic E-state index is 0.00366. The van der Waals surface area contributed by atoms with Crippen molar-refractivity contribution in [2.75, 3.05) is 24.3 Å². The Labute approximate surface area is 140 Å². The van der Waals surface area contributed by atoms with Crippen LogP contribution in [-0.2, 0) is 4.79 Å². The van der Waals surface area contributed by atoms with Crippen molar-refractivity contribution in [3.8, 4) is 5.75 Å². The molecule has 5 nitrogen and oxygen atoms in total. The molecule has 0 saturated carbocycles. The number of thiazole rings is 1. The number of hydrogen-bond donors (Lipinski definition) is 2. The molecule has 0 spiro atoms. The lowest BCUT2D eigenvalue weighted by Gasteiger charge is -2.22. The van der Waals surface area contributed by atoms with Gasteiger partial charge in [-0.15, -0.1) is 0 Å². The van der Waals surface area contributed by atoms with E-state index in [1.54, 1.807) is 11.3 Å². The average Bonchev–Trinajstić information content (AvgIpc) is 2.95. The van der Waals surface area contributed by atoms with Crippen LogP contribution in [0, 0.1) is 5.92 Å². The Morgan fingerprint density at radius 2 is 2.30 bits per heavy atom. The van der Waals surface area contributed by atoms with Gasteiger partial charge < -0.3 is 15.4 Å². The van der Waals surface area contributed by atoms with Gasteiger partial charge in [-0.1, -0.05) is 37.3 Å². The van der Waals surface area contributed by atoms with Gasteiger partial charge in [-0.2, -0.15) is 0 Å². The van der Waals surface area contributed by atoms with E-state index < -0.39 is 0 Å². The van der Waals surface area contributed by atoms with Crippen LogP contribution in [0.5, 0.6) is 5.75 Å². The SMILES string of the molecule is CNc1nc2c(s1)[C@H](c1cccc(OCC(C)C)c1)CC(=O)N2. The monoisotopic (exact) mass is 331 g/mol. The van der Waals surface area contributed by atoms with Crippen LogP contribution in [0.15, 0.2) is 24.3 Å². The molecular weight excluding hydrogens is 310 g/mol. The highest BCUT2D eigenvalue weighted by atomic mass is 32.1. The summed E-state index contributed by atoms with van der Waals surface area (Å²) in [6, 6.07) is 8.03. The molecule has 1 aromatic carbocycles. The molecule has 2 heterocycles. The molecule has 0 fully saturated rings. The van der Waals surface area contributed by atoms with Crippen LogP contribution in [0.2, 0.25) is 0 Å². The van der Waals surface area contributed by atoms with Crippen LogP contribution in [0.1, 0.15) is 36.6 Å². The Balaban J connectivity index is 1.91. The molecule has 0 aliphatic carbocycles. The maximum absolute atomic E-state index is 12.0. The predicted octanol–water partition coefficient (Wildman–Crippen LogP) is 3.69. The van der Waals surface area contributed by atoms with E-state index in [-0.39, 0.29) is 11.8 Å². The number of fused-ring (bicyclic) bond motifs is 1. The third kappa shape index (κ3) is 3.47. The van der Waals surface area contributed by atoms with Crippen LogP contribution in [0.4, 0.5) is 10.9 Å². The molecule has 122 valence electrons. The largest absolute Gasteiger partial charge is 0.493 e. The zero-order valence-corrected chi connectivity index (χ0v) is 14.4. The topological polar surface area (TPSA) is 63.3 Å². The van der Waals surface area contributed by atoms with Crippen LogP contribution in [0.3, 0.4) is 0 Å². The highest BCUT2D eigenvalue weighted by Gasteiger charge is 2.30. The summed E-state index contributed by atoms with van der Waals surface area (Å²) in [5, 5.41) is 6.72. The second-order valence-corrected chi connectivity index (χ2v) is 7.09. The number of nitrogens with one attached hydrogen (secondary N) is 2. The van der Waals surface area contributed by atoms with Crippen LogP contribution < -0.4 is 15.4 Å². The van der Waals surface area contributed by atoms with E-state index in [1.165, 1.54) is 0 Å². The van der Waals surface area contributed by atoms with Crippen molar-refractivity contribution < 1.29 is 9.53 Å². The minimum absolute atomic E-state index is 0.00366. The van der Waals surface area contributed by atoms with Gasteiger partial charge in [0.25, 0.3) is 0 Å². The molecule has 2 N–H and O–H groups in total. The standard InChI is InChI=1S/C17H21N3O2S/c1-10(2)9-22-12-6-4-5-11(7-12)13-8-14(21)19-16-15(13)23-17(18-3)20-16/h4-7,10,13H,8-9H2,1-3H3,(H,18,20)(H,19,21)/t13-/m0/s1. The number of amides is 1. The molecule has 1 atom stereocenters. The molecule has 0 radical (unpaired) electrons. The van der Waals surface area contributed by atoms with Gasteiger partial charge in [0, 0.05) is 19.4 Å². The molecule has 1 aliphatic rings. The number of carbonyl (C=O) groups is 1. The maximum atomic E-state index is 12.0. The zero-order valence-electron chi connectivity index (χ0n) is 13.6. The Morgan fingerprint density at radius 3 is 3.04 bits per heavy atom. The molecular formula is C17H21N3O2S. The molecule has 0 saturated heterocycles. The van der Waals surface area contributed by atoms with Gasteiger partial charge in [-0.25, -0.2) is 4.98 Å². The molecule has 2 aromatic rings. The molecule has 0 bridgehead atoms. The van der Waals surface area contributed by atoms with Crippen LogP contribution >= 0.6 is 11.3 Å². The summed E-state index contributed by atoms with van der Waals surface area (Å²) in [6.45, 7) is 4.93. The summed E-state index contributed by atoms with van der Waals surface area (Å²) < 4.78 is 5.81. The number of rotatable bonds is 5. The van der Waals surface area contributed by atoms with Crippen molar-refractivity contribution in [2.24, 2.45) is 5.92 Å². The van der Waals surface area contributed by atoms with E-state index in [4.69, 9.17) is 4.74 Å². The molecule has 1 aromatic heterocycles. The Hall–Kier alpha value is -2.08. The van der Waals surface area contributed by atoms with Gasteiger partial charge >= 0.3 is 0 Å². The van der Waals surface area contributed by atoms with Crippen molar-refractivity contribution in [2.45, 2.75) is 26.2 Å². The van der Waals surface area contributed by atoms with Gasteiger partial charge in [-0.3, -0.25) is 4.79 Å². The number of ether oxygens (including phenoxy) is 1. The van der Waals surface area contributed by atoms with Crippen molar-refractivity contribution in [3.05, 3.63) is 34.7 Å². The number of benzene rings is 1. The van der Waals surface area contributed by atoms with E-state index in [1.807, 2.05) is 31.3 Å². The first kappa shape index (κ1) is 15.8. The number of aromatic nitrogens is 1. The highest BCUT2D eigenvalue weighted by molar-refractivity contribution is 7.16. The fourth-order valence-electron chi connectivity index (χ4n) is 2.58. The lowest BCUT2D eigenvalue weighted by Crippen LogP contribution is -2.22. The fourth-order valence-corrected chi connectivity index (χ4v) is 3.58. The van der Waals surface area contributed by atoms with Crippen molar-refractivity contribution in [1.82, 2.24) is 4.98 Å². The van der Waals surface area contributed by atoms with Crippen LogP contribution in [-0.4, -0.2) is 24.5 Å². The average molecular weight is 331 g/mol. The molecule has 1 aliphatic heterocycles. The Kier molecular flexibility index (Phi) is 4.52. The van der Waals surface area contributed by atoms with Gasteiger partial charge in [0.1, 0.15) is 11.6 Å². The Morgan fingerprint density at radius 1 is 1.48 bits per heavy atom. The smallest absolute Gasteiger partial charge is 0.226 e. The number of anilines is 2. The van der Waals surface area contributed by atoms with E-state index >= 15 is 0 Å². The van der Waals surface area contributed by atoms with E-state index in [0.29, 0.717) is 24.8 Å². The van der Waals surface area contributed by atoms with Crippen molar-refractivity contribution in [3.63, 3.8) is 0 Å². The fraction of sp³-hybridized carbons (Fsp3) is 0.412. The molecule has 1 amide bonds. The first-order valence-electron chi connectivity index (χ1n) is 7.78. The summed E-state index contributed by atoms with van der Waals surface area (Å²) in [5.41, 5.74) is 1.09. The van der Waals surface area contributed by atoms with E-state index in [0.717, 1.165) is 21.3 Å². The molecule has 0 unspecified atom stereocenters. The first-order chi connectivity index (χ1) is 11.1. The van der Waals surface area contributed by atoms with Crippen LogP contribution in [0.25, 0.3) is 0 Å². The van der Waals surface area contributed by atoms with Gasteiger partial charge in [0.05, 0.1) is 11.5 Å². The van der Waals surface area contributed by atoms with Gasteiger partial charge in [0.15, 0.2) is 5.13 Å². The van der Waals surface area contributed by atoms with Gasteiger partial charge in [-0.05, 0) is 23.6 Å². The Bertz CT molecular complexity index is 712. The maximum Gasteiger partial charge on any atom is 0.226 e.